The summed E-state index contributed by atoms with van der Waals surface area (Å²) in [6, 6.07) is 6.46. The number of hydrogen-bond acceptors (Lipinski definition) is 3. The fourth-order valence-electron chi connectivity index (χ4n) is 2.12. The van der Waals surface area contributed by atoms with Crippen LogP contribution in [0.2, 0.25) is 0 Å². The van der Waals surface area contributed by atoms with E-state index in [1.165, 1.54) is 12.1 Å². The van der Waals surface area contributed by atoms with E-state index in [0.29, 0.717) is 37.2 Å². The number of piperidine rings is 1. The number of carbonyl (C=O) groups is 1. The number of alkyl halides is 1. The highest BCUT2D eigenvalue weighted by Crippen LogP contribution is 2.25. The number of aromatic carboxylic acids is 1. The second kappa shape index (κ2) is 5.05. The first-order chi connectivity index (χ1) is 8.61. The third-order valence-corrected chi connectivity index (χ3v) is 3.13. The van der Waals surface area contributed by atoms with Gasteiger partial charge >= 0.3 is 5.97 Å². The van der Waals surface area contributed by atoms with Crippen LogP contribution in [0.3, 0.4) is 0 Å². The molecular weight excluding hydrogens is 235 g/mol. The maximum absolute atomic E-state index is 13.1. The molecule has 0 radical (unpaired) electrons. The highest BCUT2D eigenvalue weighted by molar-refractivity contribution is 5.89. The molecule has 0 bridgehead atoms. The van der Waals surface area contributed by atoms with Crippen molar-refractivity contribution in [2.75, 3.05) is 18.0 Å². The Hall–Kier alpha value is -2.09. The molecule has 1 aromatic carbocycles. The Kier molecular flexibility index (Phi) is 3.47. The molecular formula is C13H13FN2O2. The van der Waals surface area contributed by atoms with Gasteiger partial charge in [0.1, 0.15) is 12.2 Å². The Balaban J connectivity index is 2.28. The van der Waals surface area contributed by atoms with Crippen LogP contribution < -0.4 is 4.90 Å². The molecule has 5 heteroatoms. The van der Waals surface area contributed by atoms with Gasteiger partial charge in [-0.25, -0.2) is 9.18 Å². The Morgan fingerprint density at radius 3 is 2.67 bits per heavy atom. The smallest absolute Gasteiger partial charge is 0.335 e. The molecule has 0 aromatic heterocycles. The maximum atomic E-state index is 13.1. The number of carboxylic acids is 1. The van der Waals surface area contributed by atoms with Crippen molar-refractivity contribution >= 4 is 11.7 Å². The molecule has 1 aliphatic heterocycles. The molecule has 0 saturated carbocycles. The molecule has 1 heterocycles. The van der Waals surface area contributed by atoms with E-state index < -0.39 is 12.1 Å². The molecule has 18 heavy (non-hydrogen) atoms. The molecule has 1 fully saturated rings. The number of hydrogen-bond donors (Lipinski definition) is 1. The summed E-state index contributed by atoms with van der Waals surface area (Å²) in [5, 5.41) is 17.9. The molecule has 0 amide bonds. The summed E-state index contributed by atoms with van der Waals surface area (Å²) in [4.78, 5) is 12.8. The van der Waals surface area contributed by atoms with Gasteiger partial charge in [-0.3, -0.25) is 0 Å². The van der Waals surface area contributed by atoms with Crippen LogP contribution in [0.25, 0.3) is 0 Å². The first-order valence-corrected chi connectivity index (χ1v) is 5.78. The molecule has 0 unspecified atom stereocenters. The van der Waals surface area contributed by atoms with Gasteiger partial charge in [0.15, 0.2) is 0 Å². The standard InChI is InChI=1S/C13H13FN2O2/c14-11-3-5-16(6-4-11)12-2-1-9(13(17)18)7-10(12)8-15/h1-2,7,11H,3-6H2,(H,17,18). The molecule has 0 atom stereocenters. The zero-order valence-corrected chi connectivity index (χ0v) is 9.77. The van der Waals surface area contributed by atoms with Gasteiger partial charge in [-0.05, 0) is 31.0 Å². The maximum Gasteiger partial charge on any atom is 0.335 e. The van der Waals surface area contributed by atoms with Crippen LogP contribution in [-0.4, -0.2) is 30.3 Å². The van der Waals surface area contributed by atoms with Gasteiger partial charge in [0.05, 0.1) is 16.8 Å². The number of anilines is 1. The summed E-state index contributed by atoms with van der Waals surface area (Å²) in [6.45, 7) is 1.12. The van der Waals surface area contributed by atoms with Crippen molar-refractivity contribution in [2.24, 2.45) is 0 Å². The van der Waals surface area contributed by atoms with E-state index in [1.54, 1.807) is 6.07 Å². The quantitative estimate of drug-likeness (QED) is 0.871. The van der Waals surface area contributed by atoms with Gasteiger partial charge in [0.25, 0.3) is 0 Å². The first kappa shape index (κ1) is 12.4. The zero-order valence-electron chi connectivity index (χ0n) is 9.77. The third-order valence-electron chi connectivity index (χ3n) is 3.13. The minimum Gasteiger partial charge on any atom is -0.478 e. The van der Waals surface area contributed by atoms with Crippen molar-refractivity contribution in [2.45, 2.75) is 19.0 Å². The van der Waals surface area contributed by atoms with Crippen molar-refractivity contribution < 1.29 is 14.3 Å². The van der Waals surface area contributed by atoms with Gasteiger partial charge in [-0.15, -0.1) is 0 Å². The molecule has 94 valence electrons. The lowest BCUT2D eigenvalue weighted by atomic mass is 10.0. The van der Waals surface area contributed by atoms with E-state index in [9.17, 15) is 9.18 Å². The molecule has 1 aliphatic rings. The summed E-state index contributed by atoms with van der Waals surface area (Å²) in [5.74, 6) is -1.06. The van der Waals surface area contributed by atoms with Gasteiger partial charge < -0.3 is 10.0 Å². The molecule has 2 rings (SSSR count). The third kappa shape index (κ3) is 2.43. The predicted octanol–water partition coefficient (Wildman–Crippen LogP) is 2.19. The summed E-state index contributed by atoms with van der Waals surface area (Å²) in [5.41, 5.74) is 1.11. The average molecular weight is 248 g/mol. The Bertz CT molecular complexity index is 502. The van der Waals surface area contributed by atoms with Crippen molar-refractivity contribution in [1.29, 1.82) is 5.26 Å². The molecule has 4 nitrogen and oxygen atoms in total. The topological polar surface area (TPSA) is 64.3 Å². The number of carboxylic acid groups (broad SMARTS) is 1. The summed E-state index contributed by atoms with van der Waals surface area (Å²) < 4.78 is 13.1. The minimum atomic E-state index is -1.06. The normalized spacial score (nSPS) is 16.3. The fourth-order valence-corrected chi connectivity index (χ4v) is 2.12. The van der Waals surface area contributed by atoms with Crippen molar-refractivity contribution in [3.05, 3.63) is 29.3 Å². The number of benzene rings is 1. The number of nitrogens with zero attached hydrogens (tertiary/aromatic N) is 2. The van der Waals surface area contributed by atoms with E-state index in [2.05, 4.69) is 0 Å². The second-order valence-electron chi connectivity index (χ2n) is 4.31. The zero-order chi connectivity index (χ0) is 13.1. The average Bonchev–Trinajstić information content (AvgIpc) is 2.39. The van der Waals surface area contributed by atoms with Crippen LogP contribution in [0, 0.1) is 11.3 Å². The SMILES string of the molecule is N#Cc1cc(C(=O)O)ccc1N1CCC(F)CC1. The summed E-state index contributed by atoms with van der Waals surface area (Å²) in [7, 11) is 0. The van der Waals surface area contributed by atoms with Crippen LogP contribution in [0.15, 0.2) is 18.2 Å². The second-order valence-corrected chi connectivity index (χ2v) is 4.31. The van der Waals surface area contributed by atoms with Crippen molar-refractivity contribution in [1.82, 2.24) is 0 Å². The van der Waals surface area contributed by atoms with Gasteiger partial charge in [-0.2, -0.15) is 5.26 Å². The monoisotopic (exact) mass is 248 g/mol. The number of nitriles is 1. The van der Waals surface area contributed by atoms with E-state index in [1.807, 2.05) is 11.0 Å². The van der Waals surface area contributed by atoms with Crippen LogP contribution in [0.5, 0.6) is 0 Å². The minimum absolute atomic E-state index is 0.0932. The number of halogens is 1. The van der Waals surface area contributed by atoms with Crippen molar-refractivity contribution in [3.8, 4) is 6.07 Å². The van der Waals surface area contributed by atoms with Crippen LogP contribution in [0.4, 0.5) is 10.1 Å². The predicted molar refractivity (Wildman–Crippen MR) is 64.5 cm³/mol. The summed E-state index contributed by atoms with van der Waals surface area (Å²) >= 11 is 0. The molecule has 0 spiro atoms. The lowest BCUT2D eigenvalue weighted by Gasteiger charge is -2.31. The molecule has 1 N–H and O–H groups in total. The van der Waals surface area contributed by atoms with E-state index >= 15 is 0 Å². The van der Waals surface area contributed by atoms with Gasteiger partial charge in [0, 0.05) is 13.1 Å². The van der Waals surface area contributed by atoms with E-state index in [4.69, 9.17) is 10.4 Å². The van der Waals surface area contributed by atoms with Gasteiger partial charge in [0.2, 0.25) is 0 Å². The van der Waals surface area contributed by atoms with E-state index in [-0.39, 0.29) is 5.56 Å². The Labute approximate surface area is 104 Å². The summed E-state index contributed by atoms with van der Waals surface area (Å²) in [6.07, 6.45) is 0.127. The van der Waals surface area contributed by atoms with Crippen LogP contribution in [0.1, 0.15) is 28.8 Å². The molecule has 0 aliphatic carbocycles. The fraction of sp³-hybridized carbons (Fsp3) is 0.385. The molecule has 1 saturated heterocycles. The lowest BCUT2D eigenvalue weighted by molar-refractivity contribution is 0.0697. The van der Waals surface area contributed by atoms with E-state index in [0.717, 1.165) is 0 Å². The first-order valence-electron chi connectivity index (χ1n) is 5.78. The van der Waals surface area contributed by atoms with Crippen LogP contribution in [-0.2, 0) is 0 Å². The number of rotatable bonds is 2. The Morgan fingerprint density at radius 1 is 1.44 bits per heavy atom. The molecule has 1 aromatic rings. The van der Waals surface area contributed by atoms with Gasteiger partial charge in [-0.1, -0.05) is 0 Å². The largest absolute Gasteiger partial charge is 0.478 e. The van der Waals surface area contributed by atoms with Crippen molar-refractivity contribution in [3.63, 3.8) is 0 Å². The highest BCUT2D eigenvalue weighted by Gasteiger charge is 2.21. The Morgan fingerprint density at radius 2 is 2.11 bits per heavy atom. The van der Waals surface area contributed by atoms with Crippen LogP contribution >= 0.6 is 0 Å². The highest BCUT2D eigenvalue weighted by atomic mass is 19.1. The lowest BCUT2D eigenvalue weighted by Crippen LogP contribution is -2.34.